The molecular formula is C7H8F3NO. The molecule has 0 aromatic carbocycles. The molecule has 1 aliphatic carbocycles. The third-order valence-corrected chi connectivity index (χ3v) is 1.96. The molecule has 1 fully saturated rings. The standard InChI is InChI=1S/C7H8F3NO/c8-7(9,10)11-6(3-4-12-11)5-1-2-5/h3,5H,1-2,4H2. The van der Waals surface area contributed by atoms with Crippen molar-refractivity contribution >= 4 is 0 Å². The van der Waals surface area contributed by atoms with E-state index in [9.17, 15) is 13.2 Å². The summed E-state index contributed by atoms with van der Waals surface area (Å²) in [5, 5.41) is 0.0880. The Hall–Kier alpha value is -0.710. The van der Waals surface area contributed by atoms with Crippen LogP contribution in [0.15, 0.2) is 11.8 Å². The van der Waals surface area contributed by atoms with Gasteiger partial charge in [-0.2, -0.15) is 5.06 Å². The Morgan fingerprint density at radius 2 is 2.08 bits per heavy atom. The predicted molar refractivity (Wildman–Crippen MR) is 34.7 cm³/mol. The molecule has 2 rings (SSSR count). The third-order valence-electron chi connectivity index (χ3n) is 1.96. The molecule has 0 radical (unpaired) electrons. The van der Waals surface area contributed by atoms with Gasteiger partial charge < -0.3 is 0 Å². The Labute approximate surface area is 67.6 Å². The second-order valence-corrected chi connectivity index (χ2v) is 2.96. The van der Waals surface area contributed by atoms with Crippen molar-refractivity contribution in [3.05, 3.63) is 11.8 Å². The average molecular weight is 179 g/mol. The molecule has 1 saturated carbocycles. The molecule has 68 valence electrons. The molecule has 0 aromatic heterocycles. The van der Waals surface area contributed by atoms with E-state index in [-0.39, 0.29) is 17.6 Å². The molecule has 0 atom stereocenters. The van der Waals surface area contributed by atoms with Crippen LogP contribution in [0.4, 0.5) is 13.2 Å². The summed E-state index contributed by atoms with van der Waals surface area (Å²) in [6.45, 7) is 0.0470. The topological polar surface area (TPSA) is 12.5 Å². The molecule has 0 amide bonds. The lowest BCUT2D eigenvalue weighted by Crippen LogP contribution is -2.34. The molecule has 1 heterocycles. The minimum atomic E-state index is -4.38. The van der Waals surface area contributed by atoms with Crippen LogP contribution in [0.1, 0.15) is 12.8 Å². The predicted octanol–water partition coefficient (Wildman–Crippen LogP) is 2.05. The van der Waals surface area contributed by atoms with Crippen molar-refractivity contribution < 1.29 is 18.0 Å². The molecular weight excluding hydrogens is 171 g/mol. The lowest BCUT2D eigenvalue weighted by Gasteiger charge is -2.22. The summed E-state index contributed by atoms with van der Waals surface area (Å²) in [6.07, 6.45) is -1.18. The number of hydrogen-bond donors (Lipinski definition) is 0. The number of hydroxylamine groups is 2. The summed E-state index contributed by atoms with van der Waals surface area (Å²) in [4.78, 5) is 4.45. The van der Waals surface area contributed by atoms with Gasteiger partial charge in [0.1, 0.15) is 0 Å². The maximum atomic E-state index is 12.2. The minimum absolute atomic E-state index is 0.0470. The molecule has 1 aliphatic heterocycles. The van der Waals surface area contributed by atoms with Crippen LogP contribution in [-0.2, 0) is 4.84 Å². The van der Waals surface area contributed by atoms with Gasteiger partial charge in [-0.1, -0.05) is 0 Å². The fourth-order valence-corrected chi connectivity index (χ4v) is 1.29. The van der Waals surface area contributed by atoms with Gasteiger partial charge in [-0.15, -0.1) is 13.2 Å². The molecule has 2 nitrogen and oxygen atoms in total. The molecule has 0 aromatic rings. The highest BCUT2D eigenvalue weighted by Gasteiger charge is 2.46. The Balaban J connectivity index is 2.11. The number of halogens is 3. The van der Waals surface area contributed by atoms with Gasteiger partial charge in [-0.3, -0.25) is 4.84 Å². The van der Waals surface area contributed by atoms with Gasteiger partial charge in [0.05, 0.1) is 12.3 Å². The first kappa shape index (κ1) is 7.91. The summed E-state index contributed by atoms with van der Waals surface area (Å²) in [7, 11) is 0. The Bertz CT molecular complexity index is 219. The van der Waals surface area contributed by atoms with E-state index in [0.717, 1.165) is 12.8 Å². The molecule has 2 aliphatic rings. The molecule has 5 heteroatoms. The van der Waals surface area contributed by atoms with Crippen molar-refractivity contribution in [1.29, 1.82) is 0 Å². The normalized spacial score (nSPS) is 24.6. The first-order valence-corrected chi connectivity index (χ1v) is 3.79. The lowest BCUT2D eigenvalue weighted by atomic mass is 10.3. The van der Waals surface area contributed by atoms with Crippen LogP contribution in [0.2, 0.25) is 0 Å². The maximum Gasteiger partial charge on any atom is 0.508 e. The summed E-state index contributed by atoms with van der Waals surface area (Å²) in [6, 6.07) is 0. The molecule has 0 spiro atoms. The van der Waals surface area contributed by atoms with Crippen LogP contribution in [-0.4, -0.2) is 18.0 Å². The van der Waals surface area contributed by atoms with Crippen LogP contribution in [0.5, 0.6) is 0 Å². The van der Waals surface area contributed by atoms with Gasteiger partial charge in [0, 0.05) is 5.92 Å². The van der Waals surface area contributed by atoms with E-state index in [1.807, 2.05) is 0 Å². The van der Waals surface area contributed by atoms with Gasteiger partial charge >= 0.3 is 6.30 Å². The van der Waals surface area contributed by atoms with Crippen molar-refractivity contribution in [2.24, 2.45) is 5.92 Å². The fourth-order valence-electron chi connectivity index (χ4n) is 1.29. The van der Waals surface area contributed by atoms with Gasteiger partial charge in [-0.25, -0.2) is 0 Å². The number of allylic oxidation sites excluding steroid dienone is 1. The smallest absolute Gasteiger partial charge is 0.262 e. The second-order valence-electron chi connectivity index (χ2n) is 2.96. The van der Waals surface area contributed by atoms with Crippen molar-refractivity contribution in [3.8, 4) is 0 Å². The molecule has 0 N–H and O–H groups in total. The highest BCUT2D eigenvalue weighted by Crippen LogP contribution is 2.43. The summed E-state index contributed by atoms with van der Waals surface area (Å²) in [5.41, 5.74) is 0.294. The quantitative estimate of drug-likeness (QED) is 0.571. The largest absolute Gasteiger partial charge is 0.508 e. The second kappa shape index (κ2) is 2.39. The van der Waals surface area contributed by atoms with Crippen LogP contribution in [0, 0.1) is 5.92 Å². The van der Waals surface area contributed by atoms with Crippen molar-refractivity contribution in [3.63, 3.8) is 0 Å². The zero-order valence-corrected chi connectivity index (χ0v) is 6.27. The zero-order chi connectivity index (χ0) is 8.77. The number of hydrogen-bond acceptors (Lipinski definition) is 2. The van der Waals surface area contributed by atoms with E-state index in [2.05, 4.69) is 4.84 Å². The van der Waals surface area contributed by atoms with Gasteiger partial charge in [0.2, 0.25) is 0 Å². The van der Waals surface area contributed by atoms with E-state index in [0.29, 0.717) is 5.70 Å². The van der Waals surface area contributed by atoms with E-state index < -0.39 is 6.30 Å². The first-order valence-electron chi connectivity index (χ1n) is 3.79. The van der Waals surface area contributed by atoms with Crippen LogP contribution < -0.4 is 0 Å². The maximum absolute atomic E-state index is 12.2. The zero-order valence-electron chi connectivity index (χ0n) is 6.27. The van der Waals surface area contributed by atoms with Crippen LogP contribution in [0.3, 0.4) is 0 Å². The lowest BCUT2D eigenvalue weighted by molar-refractivity contribution is -0.344. The van der Waals surface area contributed by atoms with Crippen LogP contribution in [0.25, 0.3) is 0 Å². The number of nitrogens with zero attached hydrogens (tertiary/aromatic N) is 1. The highest BCUT2D eigenvalue weighted by molar-refractivity contribution is 5.13. The fraction of sp³-hybridized carbons (Fsp3) is 0.714. The average Bonchev–Trinajstić information content (AvgIpc) is 2.65. The van der Waals surface area contributed by atoms with E-state index in [1.54, 1.807) is 0 Å². The van der Waals surface area contributed by atoms with Crippen LogP contribution >= 0.6 is 0 Å². The molecule has 12 heavy (non-hydrogen) atoms. The van der Waals surface area contributed by atoms with Gasteiger partial charge in [-0.05, 0) is 18.9 Å². The number of rotatable bonds is 1. The molecule has 0 saturated heterocycles. The van der Waals surface area contributed by atoms with Crippen molar-refractivity contribution in [2.45, 2.75) is 19.1 Å². The SMILES string of the molecule is FC(F)(F)N1OCC=C1C1CC1. The number of alkyl halides is 3. The minimum Gasteiger partial charge on any atom is -0.262 e. The monoisotopic (exact) mass is 179 g/mol. The summed E-state index contributed by atoms with van der Waals surface area (Å²) in [5.74, 6) is 0.0779. The van der Waals surface area contributed by atoms with Crippen molar-refractivity contribution in [2.75, 3.05) is 6.61 Å². The van der Waals surface area contributed by atoms with E-state index in [4.69, 9.17) is 0 Å². The Morgan fingerprint density at radius 3 is 2.58 bits per heavy atom. The van der Waals surface area contributed by atoms with Crippen molar-refractivity contribution in [1.82, 2.24) is 5.06 Å². The van der Waals surface area contributed by atoms with E-state index in [1.165, 1.54) is 6.08 Å². The molecule has 0 unspecified atom stereocenters. The Kier molecular flexibility index (Phi) is 1.57. The highest BCUT2D eigenvalue weighted by atomic mass is 19.4. The van der Waals surface area contributed by atoms with E-state index >= 15 is 0 Å². The summed E-state index contributed by atoms with van der Waals surface area (Å²) < 4.78 is 36.5. The third kappa shape index (κ3) is 1.29. The first-order chi connectivity index (χ1) is 5.59. The van der Waals surface area contributed by atoms with Gasteiger partial charge in [0.15, 0.2) is 0 Å². The molecule has 0 bridgehead atoms. The Morgan fingerprint density at radius 1 is 1.42 bits per heavy atom. The summed E-state index contributed by atoms with van der Waals surface area (Å²) >= 11 is 0. The van der Waals surface area contributed by atoms with Gasteiger partial charge in [0.25, 0.3) is 0 Å².